The number of carboxylic acids is 1. The van der Waals surface area contributed by atoms with Crippen molar-refractivity contribution in [2.75, 3.05) is 44.3 Å². The van der Waals surface area contributed by atoms with Gasteiger partial charge in [0.05, 0.1) is 18.3 Å². The number of benzene rings is 2. The molecule has 7 rings (SSSR count). The first-order valence-corrected chi connectivity index (χ1v) is 15.3. The first kappa shape index (κ1) is 28.8. The number of carbonyl (C=O) groups is 1. The molecule has 5 heterocycles. The van der Waals surface area contributed by atoms with Crippen LogP contribution in [0.4, 0.5) is 10.1 Å². The number of fused-ring (bicyclic) bond motifs is 2. The molecule has 230 valence electrons. The van der Waals surface area contributed by atoms with Crippen molar-refractivity contribution < 1.29 is 28.5 Å². The predicted molar refractivity (Wildman–Crippen MR) is 163 cm³/mol. The minimum atomic E-state index is -1.06. The van der Waals surface area contributed by atoms with Crippen LogP contribution in [0.3, 0.4) is 0 Å². The second-order valence-corrected chi connectivity index (χ2v) is 12.0. The first-order chi connectivity index (χ1) is 21.3. The number of hydrogen-bond donors (Lipinski definition) is 1. The monoisotopic (exact) mass is 621 g/mol. The zero-order chi connectivity index (χ0) is 30.4. The van der Waals surface area contributed by atoms with Crippen molar-refractivity contribution in [1.29, 1.82) is 0 Å². The number of pyridine rings is 1. The van der Waals surface area contributed by atoms with Crippen LogP contribution in [-0.2, 0) is 17.7 Å². The normalized spacial score (nSPS) is 21.8. The fraction of sp³-hybridized carbons (Fsp3) is 0.406. The molecular formula is C32H33ClFN5O5. The van der Waals surface area contributed by atoms with Crippen molar-refractivity contribution in [3.05, 3.63) is 76.5 Å². The average molecular weight is 622 g/mol. The van der Waals surface area contributed by atoms with Gasteiger partial charge in [-0.15, -0.1) is 0 Å². The number of aromatic carboxylic acids is 1. The maximum Gasteiger partial charge on any atom is 0.354 e. The van der Waals surface area contributed by atoms with E-state index in [1.165, 1.54) is 12.1 Å². The molecule has 0 aliphatic carbocycles. The summed E-state index contributed by atoms with van der Waals surface area (Å²) >= 11 is 5.96. The number of nitrogens with zero attached hydrogens (tertiary/aromatic N) is 5. The Kier molecular flexibility index (Phi) is 7.77. The summed E-state index contributed by atoms with van der Waals surface area (Å²) in [5.74, 6) is 0.678. The quantitative estimate of drug-likeness (QED) is 0.292. The van der Waals surface area contributed by atoms with Crippen LogP contribution in [0, 0.1) is 5.82 Å². The van der Waals surface area contributed by atoms with E-state index in [9.17, 15) is 14.3 Å². The van der Waals surface area contributed by atoms with Crippen LogP contribution in [0.25, 0.3) is 11.2 Å². The van der Waals surface area contributed by atoms with Crippen LogP contribution in [0.1, 0.15) is 41.3 Å². The zero-order valence-corrected chi connectivity index (χ0v) is 25.0. The van der Waals surface area contributed by atoms with Gasteiger partial charge in [0.15, 0.2) is 28.9 Å². The molecule has 0 radical (unpaired) electrons. The van der Waals surface area contributed by atoms with Gasteiger partial charge in [0.25, 0.3) is 0 Å². The van der Waals surface area contributed by atoms with Gasteiger partial charge >= 0.3 is 5.97 Å². The fourth-order valence-electron chi connectivity index (χ4n) is 6.22. The number of para-hydroxylation sites is 1. The number of piperazine rings is 1. The summed E-state index contributed by atoms with van der Waals surface area (Å²) < 4.78 is 34.8. The van der Waals surface area contributed by atoms with E-state index in [4.69, 9.17) is 30.8 Å². The van der Waals surface area contributed by atoms with Crippen LogP contribution >= 0.6 is 11.6 Å². The average Bonchev–Trinajstić information content (AvgIpc) is 3.34. The van der Waals surface area contributed by atoms with Crippen LogP contribution in [0.2, 0.25) is 5.02 Å². The van der Waals surface area contributed by atoms with Crippen molar-refractivity contribution in [1.82, 2.24) is 19.4 Å². The Morgan fingerprint density at radius 1 is 1.16 bits per heavy atom. The lowest BCUT2D eigenvalue weighted by Crippen LogP contribution is -2.52. The second-order valence-electron chi connectivity index (χ2n) is 11.5. The SMILES string of the molecule is C[C@H]1CN(c2cccc3c2O[C@@H](c2ccc(Cl)cc2F)CO3)CCN1CCc1nc2ccc(C(=O)O)nc2n1C[C@@H]1CCO1. The summed E-state index contributed by atoms with van der Waals surface area (Å²) in [7, 11) is 0. The Balaban J connectivity index is 1.05. The zero-order valence-electron chi connectivity index (χ0n) is 24.3. The number of ether oxygens (including phenoxy) is 3. The molecule has 0 saturated carbocycles. The van der Waals surface area contributed by atoms with E-state index in [0.717, 1.165) is 50.7 Å². The molecule has 10 nitrogen and oxygen atoms in total. The number of rotatable bonds is 8. The standard InChI is InChI=1S/C32H33ClFN5O5/c1-19-16-38(26-3-2-4-27-30(26)44-28(18-43-27)22-6-5-20(33)15-23(22)34)13-12-37(19)11-9-29-35-24-7-8-25(32(40)41)36-31(24)39(29)17-21-10-14-42-21/h2-8,15,19,21,28H,9-14,16-18H2,1H3,(H,40,41)/t19-,21-,28+/m0/s1. The summed E-state index contributed by atoms with van der Waals surface area (Å²) in [6.45, 7) is 6.93. The lowest BCUT2D eigenvalue weighted by atomic mass is 10.1. The van der Waals surface area contributed by atoms with Crippen LogP contribution in [-0.4, -0.2) is 82.0 Å². The molecule has 0 unspecified atom stereocenters. The van der Waals surface area contributed by atoms with Crippen LogP contribution < -0.4 is 14.4 Å². The molecule has 3 aliphatic heterocycles. The lowest BCUT2D eigenvalue weighted by Gasteiger charge is -2.42. The molecule has 3 atom stereocenters. The highest BCUT2D eigenvalue weighted by Gasteiger charge is 2.32. The first-order valence-electron chi connectivity index (χ1n) is 14.9. The van der Waals surface area contributed by atoms with Gasteiger partial charge in [-0.25, -0.2) is 19.2 Å². The molecule has 0 bridgehead atoms. The highest BCUT2D eigenvalue weighted by Crippen LogP contribution is 2.44. The number of imidazole rings is 1. The van der Waals surface area contributed by atoms with Gasteiger partial charge in [0, 0.05) is 55.8 Å². The van der Waals surface area contributed by atoms with E-state index in [-0.39, 0.29) is 24.4 Å². The van der Waals surface area contributed by atoms with E-state index in [1.54, 1.807) is 18.2 Å². The third kappa shape index (κ3) is 5.55. The molecule has 2 aromatic heterocycles. The van der Waals surface area contributed by atoms with Gasteiger partial charge in [-0.05, 0) is 49.7 Å². The van der Waals surface area contributed by atoms with E-state index in [2.05, 4.69) is 21.7 Å². The van der Waals surface area contributed by atoms with Crippen LogP contribution in [0.15, 0.2) is 48.5 Å². The third-order valence-electron chi connectivity index (χ3n) is 8.72. The van der Waals surface area contributed by atoms with E-state index < -0.39 is 17.9 Å². The number of aromatic nitrogens is 3. The molecule has 12 heteroatoms. The number of carboxylic acid groups (broad SMARTS) is 1. The predicted octanol–water partition coefficient (Wildman–Crippen LogP) is 4.98. The number of anilines is 1. The molecule has 2 aromatic carbocycles. The maximum absolute atomic E-state index is 14.7. The topological polar surface area (TPSA) is 102 Å². The smallest absolute Gasteiger partial charge is 0.354 e. The van der Waals surface area contributed by atoms with Crippen molar-refractivity contribution in [3.8, 4) is 11.5 Å². The van der Waals surface area contributed by atoms with Crippen molar-refractivity contribution in [2.45, 2.75) is 44.6 Å². The molecule has 3 aliphatic rings. The minimum Gasteiger partial charge on any atom is -0.485 e. The number of hydrogen-bond acceptors (Lipinski definition) is 8. The molecular weight excluding hydrogens is 589 g/mol. The molecule has 0 spiro atoms. The van der Waals surface area contributed by atoms with E-state index >= 15 is 0 Å². The summed E-state index contributed by atoms with van der Waals surface area (Å²) in [6.07, 6.45) is 1.17. The summed E-state index contributed by atoms with van der Waals surface area (Å²) in [5.41, 5.74) is 2.62. The van der Waals surface area contributed by atoms with Crippen molar-refractivity contribution in [3.63, 3.8) is 0 Å². The van der Waals surface area contributed by atoms with Gasteiger partial charge in [0.2, 0.25) is 0 Å². The number of halogens is 2. The lowest BCUT2D eigenvalue weighted by molar-refractivity contribution is -0.0591. The molecule has 4 aromatic rings. The maximum atomic E-state index is 14.7. The Morgan fingerprint density at radius 3 is 2.77 bits per heavy atom. The Morgan fingerprint density at radius 2 is 2.02 bits per heavy atom. The van der Waals surface area contributed by atoms with Crippen LogP contribution in [0.5, 0.6) is 11.5 Å². The van der Waals surface area contributed by atoms with Gasteiger partial charge in [-0.1, -0.05) is 23.7 Å². The van der Waals surface area contributed by atoms with Gasteiger partial charge in [0.1, 0.15) is 23.8 Å². The van der Waals surface area contributed by atoms with E-state index in [0.29, 0.717) is 46.2 Å². The Labute approximate surface area is 258 Å². The van der Waals surface area contributed by atoms with Crippen molar-refractivity contribution in [2.24, 2.45) is 0 Å². The second kappa shape index (κ2) is 11.9. The Hall–Kier alpha value is -3.93. The molecule has 0 amide bonds. The molecule has 2 fully saturated rings. The fourth-order valence-corrected chi connectivity index (χ4v) is 6.37. The summed E-state index contributed by atoms with van der Waals surface area (Å²) in [4.78, 5) is 25.6. The molecule has 44 heavy (non-hydrogen) atoms. The highest BCUT2D eigenvalue weighted by molar-refractivity contribution is 6.30. The summed E-state index contributed by atoms with van der Waals surface area (Å²) in [5, 5.41) is 9.81. The third-order valence-corrected chi connectivity index (χ3v) is 8.95. The van der Waals surface area contributed by atoms with Crippen molar-refractivity contribution >= 4 is 34.4 Å². The molecule has 2 saturated heterocycles. The van der Waals surface area contributed by atoms with Gasteiger partial charge in [-0.3, -0.25) is 4.90 Å². The minimum absolute atomic E-state index is 0.00609. The van der Waals surface area contributed by atoms with Gasteiger partial charge < -0.3 is 28.8 Å². The Bertz CT molecular complexity index is 1710. The molecule has 1 N–H and O–H groups in total. The summed E-state index contributed by atoms with van der Waals surface area (Å²) in [6, 6.07) is 13.9. The highest BCUT2D eigenvalue weighted by atomic mass is 35.5. The van der Waals surface area contributed by atoms with Gasteiger partial charge in [-0.2, -0.15) is 0 Å². The largest absolute Gasteiger partial charge is 0.485 e. The van der Waals surface area contributed by atoms with E-state index in [1.807, 2.05) is 22.8 Å².